The number of isocyanates is 6. The van der Waals surface area contributed by atoms with Crippen LogP contribution in [0, 0.1) is 5.92 Å². The predicted molar refractivity (Wildman–Crippen MR) is 86.9 cm³/mol. The van der Waals surface area contributed by atoms with E-state index >= 15 is 0 Å². The first-order valence-electron chi connectivity index (χ1n) is 7.55. The normalized spacial score (nSPS) is 13.3. The molecular weight excluding hydrogens is 360 g/mol. The number of hydrogen-bond donors (Lipinski definition) is 0. The lowest BCUT2D eigenvalue weighted by Crippen LogP contribution is -2.37. The molecule has 0 aromatic carbocycles. The molecule has 2 atom stereocenters. The molecule has 0 bridgehead atoms. The molecule has 0 N–H and O–H groups in total. The van der Waals surface area contributed by atoms with E-state index < -0.39 is 17.7 Å². The summed E-state index contributed by atoms with van der Waals surface area (Å²) in [6.07, 6.45) is 8.74. The molecule has 0 aromatic heterocycles. The monoisotopic (exact) mass is 374 g/mol. The van der Waals surface area contributed by atoms with Gasteiger partial charge in [-0.3, -0.25) is 0 Å². The average molecular weight is 374 g/mol. The smallest absolute Gasteiger partial charge is 0.211 e. The summed E-state index contributed by atoms with van der Waals surface area (Å²) in [4.78, 5) is 83.1. The van der Waals surface area contributed by atoms with Crippen LogP contribution in [0.4, 0.5) is 0 Å². The number of unbranched alkanes of at least 4 members (excludes halogenated alkanes) is 1. The maximum absolute atomic E-state index is 10.8. The van der Waals surface area contributed by atoms with Crippen molar-refractivity contribution in [2.45, 2.75) is 37.5 Å². The van der Waals surface area contributed by atoms with E-state index in [1.54, 1.807) is 0 Å². The van der Waals surface area contributed by atoms with Gasteiger partial charge in [0.2, 0.25) is 36.5 Å². The maximum atomic E-state index is 10.8. The second-order valence-electron chi connectivity index (χ2n) is 5.04. The fourth-order valence-corrected chi connectivity index (χ4v) is 2.30. The van der Waals surface area contributed by atoms with Crippen LogP contribution in [0.15, 0.2) is 30.0 Å². The van der Waals surface area contributed by atoms with Crippen molar-refractivity contribution in [1.82, 2.24) is 0 Å². The molecule has 0 heterocycles. The van der Waals surface area contributed by atoms with Gasteiger partial charge < -0.3 is 0 Å². The van der Waals surface area contributed by atoms with Crippen LogP contribution in [0.3, 0.4) is 0 Å². The molecule has 140 valence electrons. The van der Waals surface area contributed by atoms with Gasteiger partial charge in [0, 0.05) is 0 Å². The van der Waals surface area contributed by atoms with Gasteiger partial charge in [0.15, 0.2) is 0 Å². The van der Waals surface area contributed by atoms with E-state index in [0.717, 1.165) is 18.2 Å². The number of hydrogen-bond acceptors (Lipinski definition) is 12. The fraction of sp³-hybridized carbons (Fsp3) is 0.600. The molecule has 0 spiro atoms. The number of carbonyl (C=O) groups excluding carboxylic acids is 6. The Labute approximate surface area is 152 Å². The van der Waals surface area contributed by atoms with Gasteiger partial charge >= 0.3 is 0 Å². The minimum Gasteiger partial charge on any atom is -0.211 e. The van der Waals surface area contributed by atoms with Gasteiger partial charge in [0.25, 0.3) is 5.79 Å². The third-order valence-corrected chi connectivity index (χ3v) is 3.45. The Kier molecular flexibility index (Phi) is 12.6. The van der Waals surface area contributed by atoms with E-state index in [2.05, 4.69) is 30.0 Å². The lowest BCUT2D eigenvalue weighted by Gasteiger charge is -2.25. The van der Waals surface area contributed by atoms with Crippen molar-refractivity contribution >= 4 is 36.5 Å². The Morgan fingerprint density at radius 2 is 1.30 bits per heavy atom. The highest BCUT2D eigenvalue weighted by molar-refractivity contribution is 5.44. The summed E-state index contributed by atoms with van der Waals surface area (Å²) in [6, 6.07) is -1.39. The van der Waals surface area contributed by atoms with Gasteiger partial charge in [-0.15, -0.1) is 15.0 Å². The topological polar surface area (TPSA) is 177 Å². The molecule has 2 unspecified atom stereocenters. The van der Waals surface area contributed by atoms with Gasteiger partial charge in [-0.1, -0.05) is 6.42 Å². The lowest BCUT2D eigenvalue weighted by molar-refractivity contribution is 0.301. The van der Waals surface area contributed by atoms with E-state index in [4.69, 9.17) is 0 Å². The Morgan fingerprint density at radius 3 is 1.78 bits per heavy atom. The van der Waals surface area contributed by atoms with Crippen LogP contribution >= 0.6 is 0 Å². The second kappa shape index (κ2) is 14.6. The Hall–Kier alpha value is -3.72. The summed E-state index contributed by atoms with van der Waals surface area (Å²) in [7, 11) is 0. The van der Waals surface area contributed by atoms with Crippen molar-refractivity contribution in [2.24, 2.45) is 35.9 Å². The molecule has 27 heavy (non-hydrogen) atoms. The molecule has 0 rings (SSSR count). The van der Waals surface area contributed by atoms with E-state index in [0.29, 0.717) is 19.3 Å². The van der Waals surface area contributed by atoms with E-state index in [-0.39, 0.29) is 19.5 Å². The molecule has 0 radical (unpaired) electrons. The van der Waals surface area contributed by atoms with Gasteiger partial charge in [0.05, 0.1) is 13.1 Å². The third kappa shape index (κ3) is 8.79. The quantitative estimate of drug-likeness (QED) is 0.238. The van der Waals surface area contributed by atoms with E-state index in [9.17, 15) is 28.8 Å². The van der Waals surface area contributed by atoms with Crippen LogP contribution in [-0.2, 0) is 28.8 Å². The van der Waals surface area contributed by atoms with Crippen LogP contribution in [0.25, 0.3) is 0 Å². The lowest BCUT2D eigenvalue weighted by atomic mass is 9.91. The van der Waals surface area contributed by atoms with Crippen LogP contribution < -0.4 is 0 Å². The Morgan fingerprint density at radius 1 is 0.704 bits per heavy atom. The predicted octanol–water partition coefficient (Wildman–Crippen LogP) is 0.200. The largest absolute Gasteiger partial charge is 0.300 e. The zero-order chi connectivity index (χ0) is 20.4. The molecule has 0 amide bonds. The highest BCUT2D eigenvalue weighted by atomic mass is 16.1. The van der Waals surface area contributed by atoms with Gasteiger partial charge in [-0.25, -0.2) is 38.8 Å². The molecule has 0 aliphatic rings. The average Bonchev–Trinajstić information content (AvgIpc) is 2.65. The fourth-order valence-electron chi connectivity index (χ4n) is 2.30. The van der Waals surface area contributed by atoms with Crippen molar-refractivity contribution in [3.63, 3.8) is 0 Å². The highest BCUT2D eigenvalue weighted by Gasteiger charge is 2.41. The first-order valence-corrected chi connectivity index (χ1v) is 7.55. The van der Waals surface area contributed by atoms with Crippen molar-refractivity contribution in [3.8, 4) is 0 Å². The molecule has 0 aliphatic heterocycles. The first kappa shape index (κ1) is 23.3. The molecule has 0 saturated carbocycles. The first-order chi connectivity index (χ1) is 13.1. The summed E-state index contributed by atoms with van der Waals surface area (Å²) in [5, 5.41) is 0. The third-order valence-electron chi connectivity index (χ3n) is 3.45. The van der Waals surface area contributed by atoms with Crippen LogP contribution in [0.2, 0.25) is 0 Å². The molecular formula is C15H14N6O6. The van der Waals surface area contributed by atoms with Gasteiger partial charge in [-0.05, 0) is 25.2 Å². The highest BCUT2D eigenvalue weighted by Crippen LogP contribution is 2.29. The summed E-state index contributed by atoms with van der Waals surface area (Å²) in [5.41, 5.74) is 0. The SMILES string of the molecule is O=C=NCCCCC(CN=C=O)CC(N=C=O)C(N=C=O)(N=C=O)N=C=O. The Bertz CT molecular complexity index is 729. The van der Waals surface area contributed by atoms with Crippen LogP contribution in [0.1, 0.15) is 25.7 Å². The number of nitrogens with zero attached hydrogens (tertiary/aromatic N) is 6. The summed E-state index contributed by atoms with van der Waals surface area (Å²) in [5.74, 6) is -2.81. The van der Waals surface area contributed by atoms with Gasteiger partial charge in [0.1, 0.15) is 6.04 Å². The zero-order valence-electron chi connectivity index (χ0n) is 14.0. The van der Waals surface area contributed by atoms with Crippen molar-refractivity contribution in [1.29, 1.82) is 0 Å². The number of aliphatic imine (C=N–C) groups is 6. The molecule has 0 fully saturated rings. The molecule has 0 aromatic rings. The molecule has 0 saturated heterocycles. The minimum atomic E-state index is -2.40. The number of rotatable bonds is 14. The van der Waals surface area contributed by atoms with Crippen LogP contribution in [-0.4, -0.2) is 61.4 Å². The summed E-state index contributed by atoms with van der Waals surface area (Å²) < 4.78 is 0. The van der Waals surface area contributed by atoms with Crippen molar-refractivity contribution in [2.75, 3.05) is 13.1 Å². The standard InChI is InChI=1S/C15H14N6O6/c22-7-16-4-2-1-3-13(6-17-8-23)5-14(18-9-24)15(19-10-25,20-11-26)21-12-27/h13-14H,1-6H2. The second-order valence-corrected chi connectivity index (χ2v) is 5.04. The van der Waals surface area contributed by atoms with Crippen LogP contribution in [0.5, 0.6) is 0 Å². The van der Waals surface area contributed by atoms with Gasteiger partial charge in [-0.2, -0.15) is 4.99 Å². The van der Waals surface area contributed by atoms with E-state index in [1.807, 2.05) is 0 Å². The summed E-state index contributed by atoms with van der Waals surface area (Å²) in [6.45, 7) is 0.231. The Balaban J connectivity index is 5.68. The van der Waals surface area contributed by atoms with Crippen molar-refractivity contribution in [3.05, 3.63) is 0 Å². The molecule has 0 aliphatic carbocycles. The zero-order valence-corrected chi connectivity index (χ0v) is 14.0. The van der Waals surface area contributed by atoms with Crippen molar-refractivity contribution < 1.29 is 28.8 Å². The van der Waals surface area contributed by atoms with E-state index in [1.165, 1.54) is 18.2 Å². The maximum Gasteiger partial charge on any atom is 0.300 e. The minimum absolute atomic E-state index is 0.0260. The molecule has 12 nitrogen and oxygen atoms in total. The molecule has 12 heteroatoms. The summed E-state index contributed by atoms with van der Waals surface area (Å²) >= 11 is 0.